The molecule has 3 aromatic rings. The third-order valence-corrected chi connectivity index (χ3v) is 6.72. The van der Waals surface area contributed by atoms with Crippen LogP contribution in [-0.2, 0) is 13.0 Å². The number of ether oxygens (including phenoxy) is 2. The standard InChI is InChI=1S/C26H28N2O4S/c1-16(2)32-22-9-8-18(14-23(22)31-4)25(29)27-21-7-5-6-20(17(21)3)26(30)28-12-10-24-19(15-28)11-13-33-24/h5-9,11,13-14,16H,10,12,15H2,1-4H3,(H,27,29). The molecule has 172 valence electrons. The van der Waals surface area contributed by atoms with Crippen LogP contribution in [0.2, 0.25) is 0 Å². The van der Waals surface area contributed by atoms with E-state index in [4.69, 9.17) is 9.47 Å². The minimum atomic E-state index is -0.280. The molecule has 0 atom stereocenters. The number of methoxy groups -OCH3 is 1. The Morgan fingerprint density at radius 1 is 1.12 bits per heavy atom. The van der Waals surface area contributed by atoms with Gasteiger partial charge in [-0.05, 0) is 80.1 Å². The Hall–Kier alpha value is -3.32. The minimum Gasteiger partial charge on any atom is -0.493 e. The summed E-state index contributed by atoms with van der Waals surface area (Å²) in [6, 6.07) is 12.6. The molecular weight excluding hydrogens is 436 g/mol. The number of rotatable bonds is 6. The normalized spacial score (nSPS) is 12.9. The fraction of sp³-hybridized carbons (Fsp3) is 0.308. The number of carbonyl (C=O) groups excluding carboxylic acids is 2. The van der Waals surface area contributed by atoms with Crippen LogP contribution in [0.4, 0.5) is 5.69 Å². The van der Waals surface area contributed by atoms with E-state index in [9.17, 15) is 9.59 Å². The molecular formula is C26H28N2O4S. The molecule has 0 spiro atoms. The molecule has 0 radical (unpaired) electrons. The molecule has 2 aromatic carbocycles. The van der Waals surface area contributed by atoms with E-state index in [1.165, 1.54) is 10.4 Å². The average Bonchev–Trinajstić information content (AvgIpc) is 3.27. The third-order valence-electron chi connectivity index (χ3n) is 5.70. The number of benzene rings is 2. The van der Waals surface area contributed by atoms with Gasteiger partial charge in [-0.25, -0.2) is 0 Å². The second kappa shape index (κ2) is 9.67. The van der Waals surface area contributed by atoms with E-state index < -0.39 is 0 Å². The number of nitrogens with zero attached hydrogens (tertiary/aromatic N) is 1. The molecule has 0 fully saturated rings. The van der Waals surface area contributed by atoms with E-state index in [1.54, 1.807) is 42.7 Å². The number of hydrogen-bond donors (Lipinski definition) is 1. The highest BCUT2D eigenvalue weighted by atomic mass is 32.1. The number of hydrogen-bond acceptors (Lipinski definition) is 5. The number of carbonyl (C=O) groups is 2. The summed E-state index contributed by atoms with van der Waals surface area (Å²) in [5, 5.41) is 5.02. The van der Waals surface area contributed by atoms with Gasteiger partial charge in [-0.3, -0.25) is 9.59 Å². The summed E-state index contributed by atoms with van der Waals surface area (Å²) in [6.07, 6.45) is 0.875. The van der Waals surface area contributed by atoms with Crippen LogP contribution in [0.25, 0.3) is 0 Å². The van der Waals surface area contributed by atoms with Gasteiger partial charge < -0.3 is 19.7 Å². The maximum absolute atomic E-state index is 13.3. The van der Waals surface area contributed by atoms with Crippen molar-refractivity contribution < 1.29 is 19.1 Å². The van der Waals surface area contributed by atoms with Crippen LogP contribution >= 0.6 is 11.3 Å². The molecule has 6 nitrogen and oxygen atoms in total. The van der Waals surface area contributed by atoms with Crippen LogP contribution in [0.1, 0.15) is 50.6 Å². The first-order valence-electron chi connectivity index (χ1n) is 11.0. The van der Waals surface area contributed by atoms with Gasteiger partial charge in [-0.15, -0.1) is 11.3 Å². The van der Waals surface area contributed by atoms with Crippen LogP contribution in [0.5, 0.6) is 11.5 Å². The lowest BCUT2D eigenvalue weighted by molar-refractivity contribution is 0.0735. The molecule has 0 saturated heterocycles. The maximum Gasteiger partial charge on any atom is 0.255 e. The lowest BCUT2D eigenvalue weighted by atomic mass is 10.0. The first-order chi connectivity index (χ1) is 15.9. The van der Waals surface area contributed by atoms with Gasteiger partial charge in [-0.1, -0.05) is 6.07 Å². The van der Waals surface area contributed by atoms with Crippen molar-refractivity contribution in [2.24, 2.45) is 0 Å². The number of nitrogens with one attached hydrogen (secondary N) is 1. The molecule has 1 aliphatic rings. The van der Waals surface area contributed by atoms with Gasteiger partial charge in [0, 0.05) is 34.8 Å². The zero-order chi connectivity index (χ0) is 23.5. The van der Waals surface area contributed by atoms with E-state index >= 15 is 0 Å². The quantitative estimate of drug-likeness (QED) is 0.537. The minimum absolute atomic E-state index is 0.00673. The molecule has 1 aliphatic heterocycles. The van der Waals surface area contributed by atoms with E-state index in [2.05, 4.69) is 16.8 Å². The van der Waals surface area contributed by atoms with Crippen molar-refractivity contribution in [3.05, 3.63) is 75.0 Å². The lowest BCUT2D eigenvalue weighted by Gasteiger charge is -2.28. The molecule has 1 aromatic heterocycles. The summed E-state index contributed by atoms with van der Waals surface area (Å²) >= 11 is 1.75. The third kappa shape index (κ3) is 4.88. The largest absolute Gasteiger partial charge is 0.493 e. The monoisotopic (exact) mass is 464 g/mol. The molecule has 0 unspecified atom stereocenters. The highest BCUT2D eigenvalue weighted by Gasteiger charge is 2.24. The Balaban J connectivity index is 1.52. The van der Waals surface area contributed by atoms with E-state index in [0.29, 0.717) is 41.4 Å². The molecule has 0 aliphatic carbocycles. The van der Waals surface area contributed by atoms with Gasteiger partial charge in [0.1, 0.15) is 0 Å². The average molecular weight is 465 g/mol. The number of anilines is 1. The Morgan fingerprint density at radius 3 is 2.70 bits per heavy atom. The Labute approximate surface area is 198 Å². The first kappa shape index (κ1) is 22.9. The molecule has 33 heavy (non-hydrogen) atoms. The fourth-order valence-electron chi connectivity index (χ4n) is 3.95. The highest BCUT2D eigenvalue weighted by Crippen LogP contribution is 2.30. The van der Waals surface area contributed by atoms with Crippen LogP contribution in [0, 0.1) is 6.92 Å². The summed E-state index contributed by atoms with van der Waals surface area (Å²) < 4.78 is 11.1. The van der Waals surface area contributed by atoms with Crippen molar-refractivity contribution in [3.63, 3.8) is 0 Å². The molecule has 4 rings (SSSR count). The molecule has 0 saturated carbocycles. The van der Waals surface area contributed by atoms with Gasteiger partial charge in [0.25, 0.3) is 11.8 Å². The van der Waals surface area contributed by atoms with Gasteiger partial charge in [0.2, 0.25) is 0 Å². The second-order valence-electron chi connectivity index (χ2n) is 8.31. The first-order valence-corrected chi connectivity index (χ1v) is 11.9. The van der Waals surface area contributed by atoms with Crippen molar-refractivity contribution in [2.45, 2.75) is 39.8 Å². The Bertz CT molecular complexity index is 1180. The number of fused-ring (bicyclic) bond motifs is 1. The van der Waals surface area contributed by atoms with Crippen molar-refractivity contribution in [1.29, 1.82) is 0 Å². The topological polar surface area (TPSA) is 67.9 Å². The number of amides is 2. The fourth-order valence-corrected chi connectivity index (χ4v) is 4.84. The SMILES string of the molecule is COc1cc(C(=O)Nc2cccc(C(=O)N3CCc4sccc4C3)c2C)ccc1OC(C)C. The van der Waals surface area contributed by atoms with Crippen molar-refractivity contribution >= 4 is 28.8 Å². The van der Waals surface area contributed by atoms with Crippen molar-refractivity contribution in [3.8, 4) is 11.5 Å². The molecule has 2 heterocycles. The smallest absolute Gasteiger partial charge is 0.255 e. The second-order valence-corrected chi connectivity index (χ2v) is 9.31. The predicted octanol–water partition coefficient (Wildman–Crippen LogP) is 5.30. The van der Waals surface area contributed by atoms with Crippen molar-refractivity contribution in [2.75, 3.05) is 19.0 Å². The zero-order valence-corrected chi connectivity index (χ0v) is 20.1. The zero-order valence-electron chi connectivity index (χ0n) is 19.3. The van der Waals surface area contributed by atoms with Crippen LogP contribution in [-0.4, -0.2) is 36.5 Å². The van der Waals surface area contributed by atoms with Gasteiger partial charge >= 0.3 is 0 Å². The molecule has 2 amide bonds. The summed E-state index contributed by atoms with van der Waals surface area (Å²) in [7, 11) is 1.54. The van der Waals surface area contributed by atoms with Crippen molar-refractivity contribution in [1.82, 2.24) is 4.90 Å². The highest BCUT2D eigenvalue weighted by molar-refractivity contribution is 7.10. The van der Waals surface area contributed by atoms with E-state index in [0.717, 1.165) is 12.0 Å². The Morgan fingerprint density at radius 2 is 1.94 bits per heavy atom. The molecule has 1 N–H and O–H groups in total. The molecule has 0 bridgehead atoms. The number of thiophene rings is 1. The molecule has 7 heteroatoms. The summed E-state index contributed by atoms with van der Waals surface area (Å²) in [5.41, 5.74) is 3.63. The van der Waals surface area contributed by atoms with Gasteiger partial charge in [0.15, 0.2) is 11.5 Å². The summed E-state index contributed by atoms with van der Waals surface area (Å²) in [5.74, 6) is 0.785. The van der Waals surface area contributed by atoms with Crippen LogP contribution in [0.15, 0.2) is 47.8 Å². The maximum atomic E-state index is 13.3. The van der Waals surface area contributed by atoms with E-state index in [1.807, 2.05) is 37.8 Å². The van der Waals surface area contributed by atoms with Crippen LogP contribution in [0.3, 0.4) is 0 Å². The Kier molecular flexibility index (Phi) is 6.70. The van der Waals surface area contributed by atoms with Crippen LogP contribution < -0.4 is 14.8 Å². The summed E-state index contributed by atoms with van der Waals surface area (Å²) in [6.45, 7) is 7.05. The van der Waals surface area contributed by atoms with E-state index in [-0.39, 0.29) is 17.9 Å². The summed E-state index contributed by atoms with van der Waals surface area (Å²) in [4.78, 5) is 29.4. The van der Waals surface area contributed by atoms with Gasteiger partial charge in [-0.2, -0.15) is 0 Å². The lowest BCUT2D eigenvalue weighted by Crippen LogP contribution is -2.35. The van der Waals surface area contributed by atoms with Gasteiger partial charge in [0.05, 0.1) is 13.2 Å². The predicted molar refractivity (Wildman–Crippen MR) is 131 cm³/mol.